The molecule has 2 N–H and O–H groups in total. The standard InChI is InChI=1S/C18H30N4O2/c1-5-14(2)22(4)10-9-20-18(19-3)21-15-7-8-16-17(13-15)24-12-6-11-23-16/h7-8,13-14H,5-6,9-12H2,1-4H3,(H2,19,20,21). The third-order valence-electron chi connectivity index (χ3n) is 4.33. The molecule has 0 aliphatic carbocycles. The van der Waals surface area contributed by atoms with Crippen molar-refractivity contribution in [2.45, 2.75) is 32.7 Å². The van der Waals surface area contributed by atoms with Crippen molar-refractivity contribution in [1.82, 2.24) is 10.2 Å². The highest BCUT2D eigenvalue weighted by Gasteiger charge is 2.11. The van der Waals surface area contributed by atoms with E-state index in [-0.39, 0.29) is 0 Å². The molecular formula is C18H30N4O2. The molecule has 134 valence electrons. The zero-order valence-electron chi connectivity index (χ0n) is 15.3. The molecule has 0 aromatic heterocycles. The predicted octanol–water partition coefficient (Wildman–Crippen LogP) is 2.57. The largest absolute Gasteiger partial charge is 0.490 e. The molecule has 0 saturated carbocycles. The molecule has 0 radical (unpaired) electrons. The molecule has 24 heavy (non-hydrogen) atoms. The van der Waals surface area contributed by atoms with Gasteiger partial charge in [-0.2, -0.15) is 0 Å². The monoisotopic (exact) mass is 334 g/mol. The van der Waals surface area contributed by atoms with Gasteiger partial charge in [-0.15, -0.1) is 0 Å². The van der Waals surface area contributed by atoms with Gasteiger partial charge in [0.15, 0.2) is 17.5 Å². The summed E-state index contributed by atoms with van der Waals surface area (Å²) in [5, 5.41) is 6.65. The van der Waals surface area contributed by atoms with E-state index in [4.69, 9.17) is 9.47 Å². The van der Waals surface area contributed by atoms with Gasteiger partial charge in [0, 0.05) is 44.4 Å². The minimum atomic E-state index is 0.587. The van der Waals surface area contributed by atoms with Crippen LogP contribution in [0.1, 0.15) is 26.7 Å². The van der Waals surface area contributed by atoms with Crippen molar-refractivity contribution in [3.8, 4) is 11.5 Å². The van der Waals surface area contributed by atoms with Crippen molar-refractivity contribution in [3.05, 3.63) is 18.2 Å². The first kappa shape index (κ1) is 18.4. The van der Waals surface area contributed by atoms with E-state index in [0.29, 0.717) is 19.3 Å². The average Bonchev–Trinajstić information content (AvgIpc) is 2.84. The topological polar surface area (TPSA) is 58.1 Å². The molecule has 6 heteroatoms. The van der Waals surface area contributed by atoms with Crippen LogP contribution in [0.5, 0.6) is 11.5 Å². The van der Waals surface area contributed by atoms with Gasteiger partial charge in [0.25, 0.3) is 0 Å². The molecule has 0 saturated heterocycles. The number of ether oxygens (including phenoxy) is 2. The van der Waals surface area contributed by atoms with E-state index >= 15 is 0 Å². The summed E-state index contributed by atoms with van der Waals surface area (Å²) >= 11 is 0. The Hall–Kier alpha value is -1.95. The maximum absolute atomic E-state index is 5.72. The number of rotatable bonds is 6. The maximum atomic E-state index is 5.72. The highest BCUT2D eigenvalue weighted by atomic mass is 16.5. The molecular weight excluding hydrogens is 304 g/mol. The van der Waals surface area contributed by atoms with Crippen molar-refractivity contribution < 1.29 is 9.47 Å². The van der Waals surface area contributed by atoms with Crippen LogP contribution >= 0.6 is 0 Å². The Balaban J connectivity index is 1.88. The van der Waals surface area contributed by atoms with Crippen LogP contribution in [0.25, 0.3) is 0 Å². The van der Waals surface area contributed by atoms with E-state index in [1.165, 1.54) is 0 Å². The fraction of sp³-hybridized carbons (Fsp3) is 0.611. The number of fused-ring (bicyclic) bond motifs is 1. The van der Waals surface area contributed by atoms with Gasteiger partial charge in [-0.25, -0.2) is 0 Å². The second-order valence-electron chi connectivity index (χ2n) is 6.07. The van der Waals surface area contributed by atoms with E-state index in [0.717, 1.165) is 49.1 Å². The van der Waals surface area contributed by atoms with Crippen molar-refractivity contribution in [2.24, 2.45) is 4.99 Å². The summed E-state index contributed by atoms with van der Waals surface area (Å²) in [7, 11) is 3.92. The molecule has 0 amide bonds. The van der Waals surface area contributed by atoms with E-state index in [9.17, 15) is 0 Å². The molecule has 0 spiro atoms. The SMILES string of the molecule is CCC(C)N(C)CCNC(=NC)Nc1ccc2c(c1)OCCCO2. The van der Waals surface area contributed by atoms with E-state index in [1.807, 2.05) is 18.2 Å². The van der Waals surface area contributed by atoms with Gasteiger partial charge in [-0.3, -0.25) is 4.99 Å². The van der Waals surface area contributed by atoms with Gasteiger partial charge < -0.3 is 25.0 Å². The number of benzene rings is 1. The van der Waals surface area contributed by atoms with Crippen LogP contribution in [0.15, 0.2) is 23.2 Å². The first-order chi connectivity index (χ1) is 11.6. The first-order valence-electron chi connectivity index (χ1n) is 8.71. The Morgan fingerprint density at radius 2 is 2.04 bits per heavy atom. The van der Waals surface area contributed by atoms with Crippen LogP contribution < -0.4 is 20.1 Å². The minimum Gasteiger partial charge on any atom is -0.490 e. The molecule has 0 fully saturated rings. The lowest BCUT2D eigenvalue weighted by Crippen LogP contribution is -2.39. The van der Waals surface area contributed by atoms with Gasteiger partial charge in [0.2, 0.25) is 0 Å². The van der Waals surface area contributed by atoms with Crippen molar-refractivity contribution in [3.63, 3.8) is 0 Å². The second-order valence-corrected chi connectivity index (χ2v) is 6.07. The molecule has 2 rings (SSSR count). The first-order valence-corrected chi connectivity index (χ1v) is 8.71. The van der Waals surface area contributed by atoms with Crippen LogP contribution in [-0.2, 0) is 0 Å². The third kappa shape index (κ3) is 5.30. The fourth-order valence-corrected chi connectivity index (χ4v) is 2.44. The molecule has 6 nitrogen and oxygen atoms in total. The van der Waals surface area contributed by atoms with Crippen molar-refractivity contribution in [2.75, 3.05) is 45.7 Å². The Morgan fingerprint density at radius 3 is 2.75 bits per heavy atom. The highest BCUT2D eigenvalue weighted by Crippen LogP contribution is 2.32. The molecule has 1 aromatic carbocycles. The summed E-state index contributed by atoms with van der Waals surface area (Å²) in [5.74, 6) is 2.34. The predicted molar refractivity (Wildman–Crippen MR) is 99.4 cm³/mol. The van der Waals surface area contributed by atoms with Gasteiger partial charge in [-0.1, -0.05) is 6.92 Å². The Morgan fingerprint density at radius 1 is 1.29 bits per heavy atom. The van der Waals surface area contributed by atoms with Crippen LogP contribution in [0.4, 0.5) is 5.69 Å². The van der Waals surface area contributed by atoms with Crippen LogP contribution in [0.3, 0.4) is 0 Å². The lowest BCUT2D eigenvalue weighted by Gasteiger charge is -2.24. The third-order valence-corrected chi connectivity index (χ3v) is 4.33. The molecule has 0 bridgehead atoms. The average molecular weight is 334 g/mol. The zero-order valence-corrected chi connectivity index (χ0v) is 15.3. The number of hydrogen-bond acceptors (Lipinski definition) is 4. The maximum Gasteiger partial charge on any atom is 0.195 e. The quantitative estimate of drug-likeness (QED) is 0.618. The van der Waals surface area contributed by atoms with E-state index in [1.54, 1.807) is 7.05 Å². The molecule has 1 unspecified atom stereocenters. The number of aliphatic imine (C=N–C) groups is 1. The van der Waals surface area contributed by atoms with Gasteiger partial charge in [-0.05, 0) is 32.5 Å². The summed E-state index contributed by atoms with van der Waals surface area (Å²) in [6.07, 6.45) is 2.06. The lowest BCUT2D eigenvalue weighted by molar-refractivity contribution is 0.256. The molecule has 1 atom stereocenters. The number of nitrogens with zero attached hydrogens (tertiary/aromatic N) is 2. The molecule has 1 aromatic rings. The second kappa shape index (κ2) is 9.37. The Kier molecular flexibility index (Phi) is 7.18. The number of likely N-dealkylation sites (N-methyl/N-ethyl adjacent to an activating group) is 1. The van der Waals surface area contributed by atoms with Gasteiger partial charge in [0.1, 0.15) is 0 Å². The van der Waals surface area contributed by atoms with Gasteiger partial charge in [0.05, 0.1) is 13.2 Å². The molecule has 1 aliphatic heterocycles. The highest BCUT2D eigenvalue weighted by molar-refractivity contribution is 5.93. The van der Waals surface area contributed by atoms with E-state index < -0.39 is 0 Å². The summed E-state index contributed by atoms with van der Waals surface area (Å²) in [5.41, 5.74) is 0.933. The van der Waals surface area contributed by atoms with Gasteiger partial charge >= 0.3 is 0 Å². The number of nitrogens with one attached hydrogen (secondary N) is 2. The Bertz CT molecular complexity index is 548. The fourth-order valence-electron chi connectivity index (χ4n) is 2.44. The summed E-state index contributed by atoms with van der Waals surface area (Å²) in [6.45, 7) is 7.64. The summed E-state index contributed by atoms with van der Waals surface area (Å²) in [4.78, 5) is 6.62. The lowest BCUT2D eigenvalue weighted by atomic mass is 10.2. The summed E-state index contributed by atoms with van der Waals surface area (Å²) < 4.78 is 11.4. The zero-order chi connectivity index (χ0) is 17.4. The van der Waals surface area contributed by atoms with Crippen LogP contribution in [-0.4, -0.2) is 57.3 Å². The smallest absolute Gasteiger partial charge is 0.195 e. The number of anilines is 1. The molecule has 1 aliphatic rings. The van der Waals surface area contributed by atoms with Crippen LogP contribution in [0.2, 0.25) is 0 Å². The van der Waals surface area contributed by atoms with Crippen LogP contribution in [0, 0.1) is 0 Å². The Labute approximate surface area is 145 Å². The summed E-state index contributed by atoms with van der Waals surface area (Å²) in [6, 6.07) is 6.46. The number of hydrogen-bond donors (Lipinski definition) is 2. The van der Waals surface area contributed by atoms with E-state index in [2.05, 4.69) is 41.4 Å². The van der Waals surface area contributed by atoms with Crippen molar-refractivity contribution in [1.29, 1.82) is 0 Å². The molecule has 1 heterocycles. The minimum absolute atomic E-state index is 0.587. The number of guanidine groups is 1. The normalized spacial score (nSPS) is 15.8. The van der Waals surface area contributed by atoms with Crippen molar-refractivity contribution >= 4 is 11.6 Å².